The van der Waals surface area contributed by atoms with Gasteiger partial charge in [0.2, 0.25) is 0 Å². The van der Waals surface area contributed by atoms with Crippen LogP contribution in [0.5, 0.6) is 0 Å². The Kier molecular flexibility index (Phi) is 4.24. The lowest BCUT2D eigenvalue weighted by Gasteiger charge is -2.05. The molecule has 3 rings (SSSR count). The molecule has 21 heavy (non-hydrogen) atoms. The molecular weight excluding hydrogens is 286 g/mol. The highest BCUT2D eigenvalue weighted by Gasteiger charge is 2.07. The average Bonchev–Trinajstić information content (AvgIpc) is 2.95. The number of aromatic nitrogens is 1. The third kappa shape index (κ3) is 3.26. The van der Waals surface area contributed by atoms with Crippen LogP contribution in [0.2, 0.25) is 0 Å². The number of thioether (sulfide) groups is 1. The van der Waals surface area contributed by atoms with Gasteiger partial charge in [0.1, 0.15) is 5.52 Å². The van der Waals surface area contributed by atoms with Crippen molar-refractivity contribution in [3.63, 3.8) is 0 Å². The number of rotatable bonds is 5. The van der Waals surface area contributed by atoms with Crippen LogP contribution in [0, 0.1) is 0 Å². The number of fused-ring (bicyclic) bond motifs is 1. The van der Waals surface area contributed by atoms with Gasteiger partial charge in [-0.2, -0.15) is 0 Å². The van der Waals surface area contributed by atoms with Crippen molar-refractivity contribution in [3.05, 3.63) is 59.2 Å². The zero-order chi connectivity index (χ0) is 14.7. The van der Waals surface area contributed by atoms with Crippen molar-refractivity contribution >= 4 is 22.9 Å². The highest BCUT2D eigenvalue weighted by Crippen LogP contribution is 2.26. The number of hydrogen-bond acceptors (Lipinski definition) is 5. The van der Waals surface area contributed by atoms with E-state index in [1.165, 1.54) is 11.8 Å². The van der Waals surface area contributed by atoms with Gasteiger partial charge in [-0.05, 0) is 28.8 Å². The van der Waals surface area contributed by atoms with Gasteiger partial charge in [0.15, 0.2) is 5.58 Å². The maximum Gasteiger partial charge on any atom is 0.257 e. The minimum absolute atomic E-state index is 0.0333. The standard InChI is InChI=1S/C16H15NO3S/c18-8-11-5-12(9-19)7-13(6-11)10-21-16-17-14-3-1-2-4-15(14)20-16/h1-7,18-19H,8-10H2. The molecule has 0 aliphatic carbocycles. The predicted octanol–water partition coefficient (Wildman–Crippen LogP) is 3.10. The maximum atomic E-state index is 9.24. The van der Waals surface area contributed by atoms with Gasteiger partial charge in [0.25, 0.3) is 5.22 Å². The van der Waals surface area contributed by atoms with Crippen LogP contribution in [-0.2, 0) is 19.0 Å². The monoisotopic (exact) mass is 301 g/mol. The Labute approximate surface area is 126 Å². The van der Waals surface area contributed by atoms with Crippen LogP contribution >= 0.6 is 11.8 Å². The molecule has 3 aromatic rings. The van der Waals surface area contributed by atoms with Gasteiger partial charge in [-0.3, -0.25) is 0 Å². The van der Waals surface area contributed by atoms with E-state index < -0.39 is 0 Å². The highest BCUT2D eigenvalue weighted by atomic mass is 32.2. The first-order valence-electron chi connectivity index (χ1n) is 6.60. The number of nitrogens with zero attached hydrogens (tertiary/aromatic N) is 1. The van der Waals surface area contributed by atoms with Gasteiger partial charge in [-0.15, -0.1) is 0 Å². The average molecular weight is 301 g/mol. The van der Waals surface area contributed by atoms with Gasteiger partial charge in [-0.25, -0.2) is 4.98 Å². The molecule has 0 radical (unpaired) electrons. The first-order valence-corrected chi connectivity index (χ1v) is 7.59. The Morgan fingerprint density at radius 2 is 1.62 bits per heavy atom. The molecule has 0 amide bonds. The first kappa shape index (κ1) is 14.1. The molecule has 2 N–H and O–H groups in total. The molecular formula is C16H15NO3S. The van der Waals surface area contributed by atoms with Gasteiger partial charge in [0.05, 0.1) is 13.2 Å². The summed E-state index contributed by atoms with van der Waals surface area (Å²) in [6.45, 7) is -0.0667. The molecule has 0 unspecified atom stereocenters. The second kappa shape index (κ2) is 6.30. The van der Waals surface area contributed by atoms with Crippen molar-refractivity contribution in [1.82, 2.24) is 4.98 Å². The Balaban J connectivity index is 1.77. The Hall–Kier alpha value is -1.82. The second-order valence-corrected chi connectivity index (χ2v) is 5.64. The first-order chi connectivity index (χ1) is 10.3. The fraction of sp³-hybridized carbons (Fsp3) is 0.188. The van der Waals surface area contributed by atoms with Gasteiger partial charge >= 0.3 is 0 Å². The number of benzene rings is 2. The van der Waals surface area contributed by atoms with Crippen LogP contribution in [0.4, 0.5) is 0 Å². The molecule has 0 saturated carbocycles. The number of oxazole rings is 1. The largest absolute Gasteiger partial charge is 0.431 e. The summed E-state index contributed by atoms with van der Waals surface area (Å²) in [4.78, 5) is 4.41. The predicted molar refractivity (Wildman–Crippen MR) is 81.9 cm³/mol. The molecule has 1 aromatic heterocycles. The van der Waals surface area contributed by atoms with Gasteiger partial charge < -0.3 is 14.6 Å². The summed E-state index contributed by atoms with van der Waals surface area (Å²) in [5, 5.41) is 19.1. The minimum Gasteiger partial charge on any atom is -0.431 e. The van der Waals surface area contributed by atoms with Crippen LogP contribution in [0.1, 0.15) is 16.7 Å². The smallest absolute Gasteiger partial charge is 0.257 e. The van der Waals surface area contributed by atoms with Crippen LogP contribution in [0.25, 0.3) is 11.1 Å². The lowest BCUT2D eigenvalue weighted by molar-refractivity contribution is 0.275. The number of para-hydroxylation sites is 2. The Morgan fingerprint density at radius 3 is 2.29 bits per heavy atom. The van der Waals surface area contributed by atoms with E-state index in [-0.39, 0.29) is 13.2 Å². The third-order valence-corrected chi connectivity index (χ3v) is 4.01. The molecule has 0 aliphatic rings. The molecule has 0 fully saturated rings. The second-order valence-electron chi connectivity index (χ2n) is 4.71. The lowest BCUT2D eigenvalue weighted by atomic mass is 10.1. The van der Waals surface area contributed by atoms with Crippen molar-refractivity contribution in [2.24, 2.45) is 0 Å². The van der Waals surface area contributed by atoms with Crippen LogP contribution in [-0.4, -0.2) is 15.2 Å². The number of hydrogen-bond donors (Lipinski definition) is 2. The maximum absolute atomic E-state index is 9.24. The number of aliphatic hydroxyl groups excluding tert-OH is 2. The molecule has 4 nitrogen and oxygen atoms in total. The zero-order valence-electron chi connectivity index (χ0n) is 11.3. The Bertz CT molecular complexity index is 699. The van der Waals surface area contributed by atoms with E-state index in [9.17, 15) is 10.2 Å². The molecule has 1 heterocycles. The third-order valence-electron chi connectivity index (χ3n) is 3.11. The summed E-state index contributed by atoms with van der Waals surface area (Å²) in [7, 11) is 0. The van der Waals surface area contributed by atoms with Crippen LogP contribution in [0.3, 0.4) is 0 Å². The summed E-state index contributed by atoms with van der Waals surface area (Å²) >= 11 is 1.50. The fourth-order valence-corrected chi connectivity index (χ4v) is 2.93. The fourth-order valence-electron chi connectivity index (χ4n) is 2.16. The summed E-state index contributed by atoms with van der Waals surface area (Å²) in [5.41, 5.74) is 4.25. The molecule has 0 aliphatic heterocycles. The molecule has 2 aromatic carbocycles. The van der Waals surface area contributed by atoms with Crippen molar-refractivity contribution in [1.29, 1.82) is 0 Å². The lowest BCUT2D eigenvalue weighted by Crippen LogP contribution is -1.92. The van der Waals surface area contributed by atoms with Gasteiger partial charge in [-0.1, -0.05) is 42.1 Å². The zero-order valence-corrected chi connectivity index (χ0v) is 12.1. The quantitative estimate of drug-likeness (QED) is 0.709. The molecule has 0 atom stereocenters. The van der Waals surface area contributed by atoms with E-state index in [4.69, 9.17) is 4.42 Å². The SMILES string of the molecule is OCc1cc(CO)cc(CSc2nc3ccccc3o2)c1. The molecule has 5 heteroatoms. The van der Waals surface area contributed by atoms with Gasteiger partial charge in [0, 0.05) is 5.75 Å². The van der Waals surface area contributed by atoms with E-state index in [2.05, 4.69) is 4.98 Å². The molecule has 0 spiro atoms. The van der Waals surface area contributed by atoms with E-state index in [0.717, 1.165) is 27.8 Å². The highest BCUT2D eigenvalue weighted by molar-refractivity contribution is 7.98. The van der Waals surface area contributed by atoms with Crippen molar-refractivity contribution in [3.8, 4) is 0 Å². The Morgan fingerprint density at radius 1 is 0.952 bits per heavy atom. The van der Waals surface area contributed by atoms with Crippen LogP contribution in [0.15, 0.2) is 52.1 Å². The van der Waals surface area contributed by atoms with Crippen molar-refractivity contribution < 1.29 is 14.6 Å². The summed E-state index contributed by atoms with van der Waals surface area (Å²) < 4.78 is 5.66. The minimum atomic E-state index is -0.0333. The molecule has 0 saturated heterocycles. The summed E-state index contributed by atoms with van der Waals surface area (Å²) in [6.07, 6.45) is 0. The summed E-state index contributed by atoms with van der Waals surface area (Å²) in [5.74, 6) is 0.674. The van der Waals surface area contributed by atoms with Crippen molar-refractivity contribution in [2.45, 2.75) is 24.2 Å². The number of aliphatic hydroxyl groups is 2. The molecule has 0 bridgehead atoms. The molecule has 108 valence electrons. The van der Waals surface area contributed by atoms with E-state index >= 15 is 0 Å². The topological polar surface area (TPSA) is 66.5 Å². The normalized spacial score (nSPS) is 11.1. The van der Waals surface area contributed by atoms with Crippen LogP contribution < -0.4 is 0 Å². The summed E-state index contributed by atoms with van der Waals surface area (Å²) in [6, 6.07) is 13.3. The van der Waals surface area contributed by atoms with Crippen molar-refractivity contribution in [2.75, 3.05) is 0 Å². The van der Waals surface area contributed by atoms with E-state index in [1.807, 2.05) is 36.4 Å². The van der Waals surface area contributed by atoms with E-state index in [0.29, 0.717) is 11.0 Å². The van der Waals surface area contributed by atoms with E-state index in [1.54, 1.807) is 6.07 Å².